The minimum Gasteiger partial charge on any atom is -0.274 e. The van der Waals surface area contributed by atoms with E-state index in [1.165, 1.54) is 0 Å². The smallest absolute Gasteiger partial charge is 0.0470 e. The number of hydrazine groups is 1. The molecule has 0 rings (SSSR count). The molecule has 0 saturated heterocycles. The van der Waals surface area contributed by atoms with E-state index in [-0.39, 0.29) is 12.4 Å². The highest BCUT2D eigenvalue weighted by Crippen LogP contribution is 1.57. The molecule has 46 valence electrons. The van der Waals surface area contributed by atoms with Crippen molar-refractivity contribution >= 4 is 12.4 Å². The van der Waals surface area contributed by atoms with Crippen LogP contribution >= 0.6 is 12.4 Å². The molecule has 2 nitrogen and oxygen atoms in total. The van der Waals surface area contributed by atoms with Crippen LogP contribution in [-0.4, -0.2) is 0 Å². The fourth-order valence-corrected chi connectivity index (χ4v) is 0. The maximum atomic E-state index is 4.00. The first-order chi connectivity index (χ1) is 2.91. The Kier molecular flexibility index (Phi) is 86.4. The Morgan fingerprint density at radius 3 is 1.14 bits per heavy atom. The molecule has 0 aliphatic carbocycles. The molecule has 0 unspecified atom stereocenters. The number of halogens is 1. The maximum absolute atomic E-state index is 4.00. The quantitative estimate of drug-likeness (QED) is 0.286. The van der Waals surface area contributed by atoms with Crippen molar-refractivity contribution in [2.24, 2.45) is 11.7 Å². The van der Waals surface area contributed by atoms with Gasteiger partial charge >= 0.3 is 0 Å². The molecule has 0 aromatic carbocycles. The number of rotatable bonds is 0. The van der Waals surface area contributed by atoms with E-state index in [2.05, 4.69) is 11.7 Å². The van der Waals surface area contributed by atoms with Crippen LogP contribution in [0.3, 0.4) is 0 Å². The van der Waals surface area contributed by atoms with Crippen LogP contribution in [0.15, 0.2) is 12.2 Å². The van der Waals surface area contributed by atoms with Crippen LogP contribution < -0.4 is 11.7 Å². The zero-order valence-corrected chi connectivity index (χ0v) is 5.53. The molecule has 0 aliphatic heterocycles. The second kappa shape index (κ2) is 38.3. The third-order valence-corrected chi connectivity index (χ3v) is 0.333. The summed E-state index contributed by atoms with van der Waals surface area (Å²) < 4.78 is 0. The second-order valence-electron chi connectivity index (χ2n) is 0.667. The van der Waals surface area contributed by atoms with Crippen LogP contribution in [0.25, 0.3) is 0 Å². The monoisotopic (exact) mass is 124 g/mol. The van der Waals surface area contributed by atoms with Gasteiger partial charge in [0.1, 0.15) is 0 Å². The fraction of sp³-hybridized carbons (Fsp3) is 0.500. The molecule has 0 aromatic heterocycles. The van der Waals surface area contributed by atoms with Crippen molar-refractivity contribution in [3.8, 4) is 0 Å². The van der Waals surface area contributed by atoms with Gasteiger partial charge in [-0.25, -0.2) is 0 Å². The summed E-state index contributed by atoms with van der Waals surface area (Å²) in [5, 5.41) is 0. The molecule has 3 heteroatoms. The lowest BCUT2D eigenvalue weighted by molar-refractivity contribution is 1.26. The first-order valence-electron chi connectivity index (χ1n) is 1.82. The summed E-state index contributed by atoms with van der Waals surface area (Å²) in [6, 6.07) is 0. The van der Waals surface area contributed by atoms with Crippen molar-refractivity contribution in [1.29, 1.82) is 0 Å². The Hall–Kier alpha value is -0.0500. The average Bonchev–Trinajstić information content (AvgIpc) is 1.72. The molecule has 0 saturated carbocycles. The van der Waals surface area contributed by atoms with Crippen molar-refractivity contribution in [1.82, 2.24) is 0 Å². The van der Waals surface area contributed by atoms with Crippen LogP contribution in [0.4, 0.5) is 0 Å². The third kappa shape index (κ3) is 103. The average molecular weight is 125 g/mol. The molecule has 0 aromatic rings. The van der Waals surface area contributed by atoms with Crippen molar-refractivity contribution in [3.63, 3.8) is 0 Å². The minimum atomic E-state index is 0. The van der Waals surface area contributed by atoms with E-state index in [1.807, 2.05) is 26.0 Å². The maximum Gasteiger partial charge on any atom is -0.0470 e. The Labute approximate surface area is 51.0 Å². The zero-order chi connectivity index (χ0) is 5.41. The van der Waals surface area contributed by atoms with Gasteiger partial charge in [-0.15, -0.1) is 12.4 Å². The second-order valence-corrected chi connectivity index (χ2v) is 0.667. The highest BCUT2D eigenvalue weighted by atomic mass is 35.5. The molecule has 7 heavy (non-hydrogen) atoms. The lowest BCUT2D eigenvalue weighted by atomic mass is 10.6. The van der Waals surface area contributed by atoms with E-state index in [0.717, 1.165) is 0 Å². The highest BCUT2D eigenvalue weighted by molar-refractivity contribution is 5.85. The van der Waals surface area contributed by atoms with Crippen molar-refractivity contribution in [2.45, 2.75) is 13.8 Å². The Bertz CT molecular complexity index is 24.9. The van der Waals surface area contributed by atoms with Crippen LogP contribution in [0.2, 0.25) is 0 Å². The van der Waals surface area contributed by atoms with Crippen molar-refractivity contribution in [2.75, 3.05) is 0 Å². The number of nitrogens with two attached hydrogens (primary N) is 2. The standard InChI is InChI=1S/C4H8.ClH.H4N2/c1-3-4-2;;1-2/h3-4H,1-2H3;1H;1-2H2. The lowest BCUT2D eigenvalue weighted by Crippen LogP contribution is -2.02. The predicted octanol–water partition coefficient (Wildman–Crippen LogP) is 0.823. The zero-order valence-electron chi connectivity index (χ0n) is 4.72. The fourth-order valence-electron chi connectivity index (χ4n) is 0. The minimum absolute atomic E-state index is 0. The van der Waals surface area contributed by atoms with Gasteiger partial charge in [-0.05, 0) is 13.8 Å². The molecule has 0 aliphatic rings. The Morgan fingerprint density at radius 2 is 1.14 bits per heavy atom. The third-order valence-electron chi connectivity index (χ3n) is 0.333. The molecule has 0 amide bonds. The van der Waals surface area contributed by atoms with E-state index in [4.69, 9.17) is 0 Å². The molecule has 0 bridgehead atoms. The Morgan fingerprint density at radius 1 is 1.00 bits per heavy atom. The van der Waals surface area contributed by atoms with Gasteiger partial charge in [0.2, 0.25) is 0 Å². The van der Waals surface area contributed by atoms with E-state index in [1.54, 1.807) is 0 Å². The molecule has 0 atom stereocenters. The molecule has 0 fully saturated rings. The number of hydrogen-bond acceptors (Lipinski definition) is 2. The van der Waals surface area contributed by atoms with Crippen molar-refractivity contribution in [3.05, 3.63) is 12.2 Å². The van der Waals surface area contributed by atoms with Gasteiger partial charge in [-0.3, -0.25) is 11.7 Å². The summed E-state index contributed by atoms with van der Waals surface area (Å²) in [5.74, 6) is 8.00. The normalized spacial score (nSPS) is 6.29. The summed E-state index contributed by atoms with van der Waals surface area (Å²) >= 11 is 0. The lowest BCUT2D eigenvalue weighted by Gasteiger charge is -1.49. The number of allylic oxidation sites excluding steroid dienone is 2. The first-order valence-corrected chi connectivity index (χ1v) is 1.82. The van der Waals surface area contributed by atoms with Crippen LogP contribution in [0, 0.1) is 0 Å². The van der Waals surface area contributed by atoms with Crippen LogP contribution in [-0.2, 0) is 0 Å². The van der Waals surface area contributed by atoms with Crippen molar-refractivity contribution < 1.29 is 0 Å². The summed E-state index contributed by atoms with van der Waals surface area (Å²) in [4.78, 5) is 0. The van der Waals surface area contributed by atoms with Gasteiger partial charge in [-0.1, -0.05) is 12.2 Å². The Balaban J connectivity index is -0.0000000480. The highest BCUT2D eigenvalue weighted by Gasteiger charge is 1.34. The largest absolute Gasteiger partial charge is 0.274 e. The van der Waals surface area contributed by atoms with E-state index < -0.39 is 0 Å². The summed E-state index contributed by atoms with van der Waals surface area (Å²) in [7, 11) is 0. The summed E-state index contributed by atoms with van der Waals surface area (Å²) in [6.45, 7) is 4.00. The molecule has 0 heterocycles. The van der Waals surface area contributed by atoms with E-state index in [0.29, 0.717) is 0 Å². The molecule has 0 spiro atoms. The van der Waals surface area contributed by atoms with E-state index >= 15 is 0 Å². The molecule has 4 N–H and O–H groups in total. The van der Waals surface area contributed by atoms with Gasteiger partial charge in [0, 0.05) is 0 Å². The predicted molar refractivity (Wildman–Crippen MR) is 36.1 cm³/mol. The van der Waals surface area contributed by atoms with Gasteiger partial charge in [0.05, 0.1) is 0 Å². The number of hydrogen-bond donors (Lipinski definition) is 2. The van der Waals surface area contributed by atoms with Gasteiger partial charge < -0.3 is 0 Å². The molecular weight excluding hydrogens is 112 g/mol. The van der Waals surface area contributed by atoms with Crippen LogP contribution in [0.5, 0.6) is 0 Å². The van der Waals surface area contributed by atoms with Gasteiger partial charge in [0.15, 0.2) is 0 Å². The van der Waals surface area contributed by atoms with E-state index in [9.17, 15) is 0 Å². The SMILES string of the molecule is CC=CC.Cl.NN. The topological polar surface area (TPSA) is 52.0 Å². The first kappa shape index (κ1) is 15.8. The molecule has 0 radical (unpaired) electrons. The van der Waals surface area contributed by atoms with Gasteiger partial charge in [0.25, 0.3) is 0 Å². The molecular formula is C4H13ClN2. The summed E-state index contributed by atoms with van der Waals surface area (Å²) in [5.41, 5.74) is 0. The van der Waals surface area contributed by atoms with Crippen LogP contribution in [0.1, 0.15) is 13.8 Å². The summed E-state index contributed by atoms with van der Waals surface area (Å²) in [6.07, 6.45) is 4.00. The van der Waals surface area contributed by atoms with Gasteiger partial charge in [-0.2, -0.15) is 0 Å².